The first-order chi connectivity index (χ1) is 17.9. The van der Waals surface area contributed by atoms with Crippen LogP contribution in [0.4, 0.5) is 5.82 Å². The van der Waals surface area contributed by atoms with Crippen molar-refractivity contribution in [3.8, 4) is 11.3 Å². The zero-order chi connectivity index (χ0) is 27.8. The molecule has 1 unspecified atom stereocenters. The fraction of sp³-hybridized carbons (Fsp3) is 0.464. The molecule has 1 saturated carbocycles. The molecule has 2 N–H and O–H groups in total. The zero-order valence-corrected chi connectivity index (χ0v) is 23.0. The average molecular weight is 543 g/mol. The maximum atomic E-state index is 13.0. The number of hydrogen-bond donors (Lipinski definition) is 2. The van der Waals surface area contributed by atoms with Gasteiger partial charge in [-0.25, -0.2) is 8.42 Å². The second-order valence-electron chi connectivity index (χ2n) is 10.5. The number of aliphatic carboxylic acids is 1. The Labute approximate surface area is 222 Å². The third-order valence-corrected chi connectivity index (χ3v) is 8.44. The molecule has 2 heterocycles. The summed E-state index contributed by atoms with van der Waals surface area (Å²) in [6.07, 6.45) is 3.36. The van der Waals surface area contributed by atoms with E-state index in [9.17, 15) is 28.2 Å². The van der Waals surface area contributed by atoms with Gasteiger partial charge in [0.05, 0.1) is 22.6 Å². The number of fused-ring (bicyclic) bond motifs is 1. The Morgan fingerprint density at radius 2 is 1.84 bits per heavy atom. The highest BCUT2D eigenvalue weighted by Crippen LogP contribution is 2.47. The van der Waals surface area contributed by atoms with E-state index < -0.39 is 21.4 Å². The standard InChI is InChI=1S/C28H34N2O7S/c1-17-6-8-20(9-7-17)24-23(18(2)32)22-16-21(19-10-11-19)25(29-26(22)37-24)30(38(4,35)36)14-5-12-28(3,13-15-31)27(33)34/h6-9,16,19,31H,5,10-15H2,1-4H3,(H,33,34). The Morgan fingerprint density at radius 1 is 1.18 bits per heavy atom. The summed E-state index contributed by atoms with van der Waals surface area (Å²) in [6.45, 7) is 4.74. The number of anilines is 1. The van der Waals surface area contributed by atoms with Gasteiger partial charge in [-0.2, -0.15) is 4.98 Å². The Bertz CT molecular complexity index is 1470. The molecule has 1 aliphatic rings. The lowest BCUT2D eigenvalue weighted by Crippen LogP contribution is -2.35. The Morgan fingerprint density at radius 3 is 2.37 bits per heavy atom. The number of carbonyl (C=O) groups is 2. The second kappa shape index (κ2) is 10.5. The van der Waals surface area contributed by atoms with Crippen LogP contribution in [0.15, 0.2) is 34.7 Å². The molecule has 4 rings (SSSR count). The van der Waals surface area contributed by atoms with Gasteiger partial charge in [-0.05, 0) is 70.4 Å². The third kappa shape index (κ3) is 5.61. The van der Waals surface area contributed by atoms with Gasteiger partial charge < -0.3 is 14.6 Å². The van der Waals surface area contributed by atoms with Gasteiger partial charge in [0, 0.05) is 18.7 Å². The van der Waals surface area contributed by atoms with Crippen molar-refractivity contribution in [2.24, 2.45) is 5.41 Å². The molecule has 10 heteroatoms. The molecule has 0 amide bonds. The molecule has 38 heavy (non-hydrogen) atoms. The minimum atomic E-state index is -3.78. The van der Waals surface area contributed by atoms with Crippen molar-refractivity contribution in [1.29, 1.82) is 0 Å². The number of benzene rings is 1. The number of aliphatic hydroxyl groups is 1. The van der Waals surface area contributed by atoms with Crippen molar-refractivity contribution in [1.82, 2.24) is 4.98 Å². The van der Waals surface area contributed by atoms with Crippen molar-refractivity contribution in [2.75, 3.05) is 23.7 Å². The van der Waals surface area contributed by atoms with Crippen LogP contribution < -0.4 is 4.31 Å². The van der Waals surface area contributed by atoms with Gasteiger partial charge in [0.2, 0.25) is 15.7 Å². The van der Waals surface area contributed by atoms with Gasteiger partial charge in [0.25, 0.3) is 0 Å². The number of nitrogens with zero attached hydrogens (tertiary/aromatic N) is 2. The van der Waals surface area contributed by atoms with Crippen LogP contribution in [0, 0.1) is 12.3 Å². The van der Waals surface area contributed by atoms with E-state index in [1.165, 1.54) is 11.2 Å². The van der Waals surface area contributed by atoms with Crippen molar-refractivity contribution in [3.63, 3.8) is 0 Å². The number of sulfonamides is 1. The molecule has 9 nitrogen and oxygen atoms in total. The molecule has 0 spiro atoms. The number of aliphatic hydroxyl groups excluding tert-OH is 1. The number of rotatable bonds is 12. The van der Waals surface area contributed by atoms with E-state index in [1.54, 1.807) is 6.92 Å². The molecule has 2 aromatic heterocycles. The monoisotopic (exact) mass is 542 g/mol. The summed E-state index contributed by atoms with van der Waals surface area (Å²) in [4.78, 5) is 29.2. The molecule has 1 aliphatic carbocycles. The lowest BCUT2D eigenvalue weighted by atomic mass is 9.82. The number of furan rings is 1. The van der Waals surface area contributed by atoms with E-state index in [0.717, 1.165) is 35.8 Å². The van der Waals surface area contributed by atoms with Gasteiger partial charge in [0.1, 0.15) is 11.6 Å². The molecule has 1 fully saturated rings. The predicted molar refractivity (Wildman–Crippen MR) is 145 cm³/mol. The summed E-state index contributed by atoms with van der Waals surface area (Å²) >= 11 is 0. The molecular formula is C28H34N2O7S. The first kappa shape index (κ1) is 27.8. The van der Waals surface area contributed by atoms with Crippen LogP contribution in [0.2, 0.25) is 0 Å². The van der Waals surface area contributed by atoms with Crippen molar-refractivity contribution in [2.45, 2.75) is 58.8 Å². The Kier molecular flexibility index (Phi) is 7.67. The summed E-state index contributed by atoms with van der Waals surface area (Å²) in [7, 11) is -3.78. The van der Waals surface area contributed by atoms with E-state index in [4.69, 9.17) is 4.42 Å². The highest BCUT2D eigenvalue weighted by Gasteiger charge is 2.36. The lowest BCUT2D eigenvalue weighted by Gasteiger charge is -2.27. The van der Waals surface area contributed by atoms with Crippen LogP contribution in [-0.4, -0.2) is 54.8 Å². The largest absolute Gasteiger partial charge is 0.481 e. The van der Waals surface area contributed by atoms with Crippen LogP contribution in [-0.2, 0) is 14.8 Å². The summed E-state index contributed by atoms with van der Waals surface area (Å²) < 4.78 is 33.2. The van der Waals surface area contributed by atoms with Gasteiger partial charge in [-0.15, -0.1) is 0 Å². The summed E-state index contributed by atoms with van der Waals surface area (Å²) in [6, 6.07) is 9.42. The average Bonchev–Trinajstić information content (AvgIpc) is 3.61. The first-order valence-electron chi connectivity index (χ1n) is 12.7. The maximum Gasteiger partial charge on any atom is 0.309 e. The first-order valence-corrected chi connectivity index (χ1v) is 14.6. The fourth-order valence-corrected chi connectivity index (χ4v) is 5.73. The van der Waals surface area contributed by atoms with E-state index in [0.29, 0.717) is 16.7 Å². The summed E-state index contributed by atoms with van der Waals surface area (Å²) in [5.74, 6) is -0.450. The normalized spacial score (nSPS) is 15.4. The minimum absolute atomic E-state index is 0.0243. The van der Waals surface area contributed by atoms with Crippen LogP contribution >= 0.6 is 0 Å². The van der Waals surface area contributed by atoms with Crippen LogP contribution in [0.1, 0.15) is 73.4 Å². The van der Waals surface area contributed by atoms with Crippen LogP contribution in [0.3, 0.4) is 0 Å². The van der Waals surface area contributed by atoms with Crippen LogP contribution in [0.25, 0.3) is 22.4 Å². The van der Waals surface area contributed by atoms with Gasteiger partial charge >= 0.3 is 5.97 Å². The topological polar surface area (TPSA) is 138 Å². The molecule has 1 aromatic carbocycles. The lowest BCUT2D eigenvalue weighted by molar-refractivity contribution is -0.149. The zero-order valence-electron chi connectivity index (χ0n) is 22.2. The number of pyridine rings is 1. The number of hydrogen-bond acceptors (Lipinski definition) is 7. The minimum Gasteiger partial charge on any atom is -0.481 e. The van der Waals surface area contributed by atoms with Gasteiger partial charge in [0.15, 0.2) is 5.78 Å². The highest BCUT2D eigenvalue weighted by molar-refractivity contribution is 7.92. The van der Waals surface area contributed by atoms with Crippen molar-refractivity contribution in [3.05, 3.63) is 47.0 Å². The number of carboxylic acids is 1. The molecular weight excluding hydrogens is 508 g/mol. The van der Waals surface area contributed by atoms with Crippen molar-refractivity contribution >= 4 is 38.7 Å². The second-order valence-corrected chi connectivity index (χ2v) is 12.4. The number of carboxylic acid groups (broad SMARTS) is 1. The molecule has 0 aliphatic heterocycles. The van der Waals surface area contributed by atoms with E-state index in [-0.39, 0.29) is 55.6 Å². The Hall–Kier alpha value is -3.24. The smallest absolute Gasteiger partial charge is 0.309 e. The predicted octanol–water partition coefficient (Wildman–Crippen LogP) is 4.90. The van der Waals surface area contributed by atoms with E-state index >= 15 is 0 Å². The molecule has 0 bridgehead atoms. The maximum absolute atomic E-state index is 13.0. The summed E-state index contributed by atoms with van der Waals surface area (Å²) in [5, 5.41) is 19.5. The number of Topliss-reactive ketones (excluding diaryl/α,β-unsaturated/α-hetero) is 1. The fourth-order valence-electron chi connectivity index (χ4n) is 4.81. The number of aromatic nitrogens is 1. The van der Waals surface area contributed by atoms with Crippen LogP contribution in [0.5, 0.6) is 0 Å². The van der Waals surface area contributed by atoms with Gasteiger partial charge in [-0.3, -0.25) is 13.9 Å². The molecule has 1 atom stereocenters. The quantitative estimate of drug-likeness (QED) is 0.308. The molecule has 204 valence electrons. The Balaban J connectivity index is 1.80. The van der Waals surface area contributed by atoms with Gasteiger partial charge in [-0.1, -0.05) is 29.8 Å². The number of aryl methyl sites for hydroxylation is 1. The third-order valence-electron chi connectivity index (χ3n) is 7.28. The SMILES string of the molecule is CC(=O)c1c(-c2ccc(C)cc2)oc2nc(N(CCCC(C)(CCO)C(=O)O)S(C)(=O)=O)c(C3CC3)cc12. The molecule has 3 aromatic rings. The van der Waals surface area contributed by atoms with Crippen molar-refractivity contribution < 1.29 is 32.6 Å². The van der Waals surface area contributed by atoms with E-state index in [1.807, 2.05) is 37.3 Å². The number of ketones is 1. The number of carbonyl (C=O) groups excluding carboxylic acids is 1. The highest BCUT2D eigenvalue weighted by atomic mass is 32.2. The molecule has 0 radical (unpaired) electrons. The summed E-state index contributed by atoms with van der Waals surface area (Å²) in [5.41, 5.74) is 1.94. The molecule has 0 saturated heterocycles. The van der Waals surface area contributed by atoms with E-state index in [2.05, 4.69) is 4.98 Å².